The molecule has 0 aromatic carbocycles. The summed E-state index contributed by atoms with van der Waals surface area (Å²) < 4.78 is 5.23. The van der Waals surface area contributed by atoms with E-state index in [9.17, 15) is 4.79 Å². The zero-order valence-electron chi connectivity index (χ0n) is 11.6. The van der Waals surface area contributed by atoms with Gasteiger partial charge in [0, 0.05) is 11.1 Å². The van der Waals surface area contributed by atoms with Crippen molar-refractivity contribution in [1.29, 1.82) is 0 Å². The van der Waals surface area contributed by atoms with Gasteiger partial charge in [0.15, 0.2) is 0 Å². The maximum absolute atomic E-state index is 12.0. The van der Waals surface area contributed by atoms with Crippen LogP contribution in [0.25, 0.3) is 10.2 Å². The Hall–Kier alpha value is -1.62. The van der Waals surface area contributed by atoms with E-state index < -0.39 is 0 Å². The fourth-order valence-corrected chi connectivity index (χ4v) is 3.04. The van der Waals surface area contributed by atoms with E-state index in [0.717, 1.165) is 21.5 Å². The van der Waals surface area contributed by atoms with Crippen LogP contribution in [0.2, 0.25) is 0 Å². The number of aromatic nitrogens is 1. The second kappa shape index (κ2) is 5.17. The number of rotatable bonds is 3. The Kier molecular flexibility index (Phi) is 3.75. The van der Waals surface area contributed by atoms with Crippen LogP contribution in [0.3, 0.4) is 0 Å². The summed E-state index contributed by atoms with van der Waals surface area (Å²) in [4.78, 5) is 17.7. The number of carbonyl (C=O) groups excluding carboxylic acids is 1. The molecule has 0 amide bonds. The molecule has 0 unspecified atom stereocenters. The molecule has 5 heteroatoms. The number of fused-ring (bicyclic) bond motifs is 1. The Balaban J connectivity index is 2.42. The van der Waals surface area contributed by atoms with Crippen molar-refractivity contribution < 1.29 is 9.53 Å². The molecule has 2 aromatic heterocycles. The van der Waals surface area contributed by atoms with Gasteiger partial charge >= 0.3 is 5.97 Å². The Bertz CT molecular complexity index is 632. The van der Waals surface area contributed by atoms with Gasteiger partial charge in [0.1, 0.15) is 9.71 Å². The molecule has 0 atom stereocenters. The summed E-state index contributed by atoms with van der Waals surface area (Å²) >= 11 is 1.30. The molecule has 0 aliphatic heterocycles. The molecule has 0 saturated carbocycles. The third-order valence-corrected chi connectivity index (χ3v) is 3.84. The third kappa shape index (κ3) is 2.71. The standard InChI is InChI=1S/C14H18N2O2S/c1-7(2)6-18-14(17)12-11(15)10-8(3)5-9(4)16-13(10)19-12/h5,7H,6,15H2,1-4H3. The summed E-state index contributed by atoms with van der Waals surface area (Å²) in [6.07, 6.45) is 0. The topological polar surface area (TPSA) is 65.2 Å². The summed E-state index contributed by atoms with van der Waals surface area (Å²) in [7, 11) is 0. The molecule has 0 bridgehead atoms. The van der Waals surface area contributed by atoms with Crippen LogP contribution in [0.15, 0.2) is 6.07 Å². The Morgan fingerprint density at radius 1 is 1.47 bits per heavy atom. The smallest absolute Gasteiger partial charge is 0.350 e. The second-order valence-corrected chi connectivity index (χ2v) is 6.10. The van der Waals surface area contributed by atoms with Crippen molar-refractivity contribution in [3.05, 3.63) is 22.2 Å². The normalized spacial score (nSPS) is 11.2. The maximum Gasteiger partial charge on any atom is 0.350 e. The molecule has 2 rings (SSSR count). The minimum absolute atomic E-state index is 0.307. The van der Waals surface area contributed by atoms with Crippen LogP contribution in [-0.4, -0.2) is 17.6 Å². The molecule has 102 valence electrons. The fraction of sp³-hybridized carbons (Fsp3) is 0.429. The molecule has 19 heavy (non-hydrogen) atoms. The monoisotopic (exact) mass is 278 g/mol. The maximum atomic E-state index is 12.0. The molecular formula is C14H18N2O2S. The molecule has 0 aliphatic rings. The number of thiophene rings is 1. The van der Waals surface area contributed by atoms with Crippen LogP contribution in [-0.2, 0) is 4.74 Å². The van der Waals surface area contributed by atoms with Gasteiger partial charge in [-0.2, -0.15) is 0 Å². The van der Waals surface area contributed by atoms with Crippen LogP contribution in [0.5, 0.6) is 0 Å². The number of hydrogen-bond acceptors (Lipinski definition) is 5. The highest BCUT2D eigenvalue weighted by Gasteiger charge is 2.20. The van der Waals surface area contributed by atoms with E-state index in [4.69, 9.17) is 10.5 Å². The van der Waals surface area contributed by atoms with E-state index in [1.54, 1.807) is 0 Å². The quantitative estimate of drug-likeness (QED) is 0.875. The zero-order valence-corrected chi connectivity index (χ0v) is 12.4. The lowest BCUT2D eigenvalue weighted by Crippen LogP contribution is -2.10. The Labute approximate surface area is 116 Å². The van der Waals surface area contributed by atoms with Gasteiger partial charge in [-0.1, -0.05) is 13.8 Å². The predicted molar refractivity (Wildman–Crippen MR) is 78.6 cm³/mol. The average molecular weight is 278 g/mol. The molecule has 0 spiro atoms. The minimum atomic E-state index is -0.355. The van der Waals surface area contributed by atoms with Crippen LogP contribution >= 0.6 is 11.3 Å². The number of hydrogen-bond donors (Lipinski definition) is 1. The van der Waals surface area contributed by atoms with Crippen molar-refractivity contribution in [2.75, 3.05) is 12.3 Å². The first-order valence-electron chi connectivity index (χ1n) is 6.23. The van der Waals surface area contributed by atoms with Gasteiger partial charge in [-0.05, 0) is 31.4 Å². The number of pyridine rings is 1. The van der Waals surface area contributed by atoms with Gasteiger partial charge in [0.25, 0.3) is 0 Å². The predicted octanol–water partition coefficient (Wildman–Crippen LogP) is 3.31. The van der Waals surface area contributed by atoms with E-state index in [0.29, 0.717) is 23.1 Å². The third-order valence-electron chi connectivity index (χ3n) is 2.76. The summed E-state index contributed by atoms with van der Waals surface area (Å²) in [5.41, 5.74) is 8.52. The molecular weight excluding hydrogens is 260 g/mol. The van der Waals surface area contributed by atoms with Gasteiger partial charge in [-0.3, -0.25) is 0 Å². The Morgan fingerprint density at radius 3 is 2.79 bits per heavy atom. The second-order valence-electron chi connectivity index (χ2n) is 5.10. The van der Waals surface area contributed by atoms with Crippen molar-refractivity contribution in [2.45, 2.75) is 27.7 Å². The number of anilines is 1. The van der Waals surface area contributed by atoms with Crippen LogP contribution in [0, 0.1) is 19.8 Å². The fourth-order valence-electron chi connectivity index (χ4n) is 1.93. The van der Waals surface area contributed by atoms with Gasteiger partial charge in [0.2, 0.25) is 0 Å². The number of nitrogen functional groups attached to an aromatic ring is 1. The zero-order chi connectivity index (χ0) is 14.2. The molecule has 2 N–H and O–H groups in total. The first kappa shape index (κ1) is 13.8. The largest absolute Gasteiger partial charge is 0.461 e. The first-order valence-corrected chi connectivity index (χ1v) is 7.05. The summed E-state index contributed by atoms with van der Waals surface area (Å²) in [6.45, 7) is 8.30. The first-order chi connectivity index (χ1) is 8.90. The molecule has 0 radical (unpaired) electrons. The van der Waals surface area contributed by atoms with E-state index in [1.165, 1.54) is 11.3 Å². The highest BCUT2D eigenvalue weighted by Crippen LogP contribution is 2.35. The highest BCUT2D eigenvalue weighted by atomic mass is 32.1. The van der Waals surface area contributed by atoms with Crippen LogP contribution < -0.4 is 5.73 Å². The average Bonchev–Trinajstić information content (AvgIpc) is 2.63. The van der Waals surface area contributed by atoms with Crippen LogP contribution in [0.1, 0.15) is 34.8 Å². The summed E-state index contributed by atoms with van der Waals surface area (Å²) in [6, 6.07) is 1.97. The van der Waals surface area contributed by atoms with E-state index in [2.05, 4.69) is 4.98 Å². The van der Waals surface area contributed by atoms with Crippen LogP contribution in [0.4, 0.5) is 5.69 Å². The minimum Gasteiger partial charge on any atom is -0.461 e. The SMILES string of the molecule is Cc1cc(C)c2c(N)c(C(=O)OCC(C)C)sc2n1. The number of nitrogens with zero attached hydrogens (tertiary/aromatic N) is 1. The van der Waals surface area contributed by atoms with Gasteiger partial charge in [0.05, 0.1) is 12.3 Å². The molecule has 0 fully saturated rings. The lowest BCUT2D eigenvalue weighted by Gasteiger charge is -2.06. The Morgan fingerprint density at radius 2 is 2.16 bits per heavy atom. The number of aryl methyl sites for hydroxylation is 2. The molecule has 2 aromatic rings. The molecule has 4 nitrogen and oxygen atoms in total. The lowest BCUT2D eigenvalue weighted by molar-refractivity contribution is 0.0466. The summed E-state index contributed by atoms with van der Waals surface area (Å²) in [5.74, 6) is -0.0482. The summed E-state index contributed by atoms with van der Waals surface area (Å²) in [5, 5.41) is 0.868. The van der Waals surface area contributed by atoms with Crippen molar-refractivity contribution in [1.82, 2.24) is 4.98 Å². The number of ether oxygens (including phenoxy) is 1. The number of carbonyl (C=O) groups is 1. The van der Waals surface area contributed by atoms with Crippen molar-refractivity contribution in [3.63, 3.8) is 0 Å². The molecule has 0 aliphatic carbocycles. The van der Waals surface area contributed by atoms with Gasteiger partial charge < -0.3 is 10.5 Å². The van der Waals surface area contributed by atoms with Crippen molar-refractivity contribution >= 4 is 33.2 Å². The molecule has 0 saturated heterocycles. The number of esters is 1. The van der Waals surface area contributed by atoms with Gasteiger partial charge in [-0.15, -0.1) is 11.3 Å². The van der Waals surface area contributed by atoms with E-state index in [-0.39, 0.29) is 5.97 Å². The number of nitrogens with two attached hydrogens (primary N) is 1. The van der Waals surface area contributed by atoms with E-state index in [1.807, 2.05) is 33.8 Å². The van der Waals surface area contributed by atoms with Crippen molar-refractivity contribution in [2.24, 2.45) is 5.92 Å². The van der Waals surface area contributed by atoms with Gasteiger partial charge in [-0.25, -0.2) is 9.78 Å². The highest BCUT2D eigenvalue weighted by molar-refractivity contribution is 7.21. The van der Waals surface area contributed by atoms with E-state index >= 15 is 0 Å². The molecule has 2 heterocycles. The lowest BCUT2D eigenvalue weighted by atomic mass is 10.1. The van der Waals surface area contributed by atoms with Crippen molar-refractivity contribution in [3.8, 4) is 0 Å².